The van der Waals surface area contributed by atoms with Crippen molar-refractivity contribution in [3.63, 3.8) is 0 Å². The van der Waals surface area contributed by atoms with Gasteiger partial charge in [-0.05, 0) is 18.6 Å². The maximum atomic E-state index is 13.9. The molecule has 0 spiro atoms. The van der Waals surface area contributed by atoms with Crippen molar-refractivity contribution in [1.82, 2.24) is 5.32 Å². The quantitative estimate of drug-likeness (QED) is 0.803. The van der Waals surface area contributed by atoms with Crippen LogP contribution in [0.4, 0.5) is 4.39 Å². The molecule has 1 aromatic carbocycles. The van der Waals surface area contributed by atoms with E-state index in [2.05, 4.69) is 10.3 Å². The van der Waals surface area contributed by atoms with E-state index in [-0.39, 0.29) is 12.4 Å². The van der Waals surface area contributed by atoms with Gasteiger partial charge in [-0.3, -0.25) is 4.99 Å². The van der Waals surface area contributed by atoms with Crippen molar-refractivity contribution in [3.05, 3.63) is 29.6 Å². The van der Waals surface area contributed by atoms with E-state index < -0.39 is 0 Å². The predicted octanol–water partition coefficient (Wildman–Crippen LogP) is 1.65. The van der Waals surface area contributed by atoms with E-state index in [0.29, 0.717) is 17.2 Å². The molecule has 5 heteroatoms. The van der Waals surface area contributed by atoms with E-state index in [1.807, 2.05) is 6.07 Å². The van der Waals surface area contributed by atoms with E-state index in [0.717, 1.165) is 24.4 Å². The maximum absolute atomic E-state index is 13.9. The molecule has 0 fully saturated rings. The third-order valence-electron chi connectivity index (χ3n) is 2.46. The molecule has 0 aliphatic carbocycles. The standard InChI is InChI=1S/C12H15FN2OS/c13-9-3-1-4-10(17-8-7-16)11(9)12-14-5-2-6-15-12/h1,3-4,16H,2,5-8H2,(H,14,15). The van der Waals surface area contributed by atoms with E-state index in [9.17, 15) is 4.39 Å². The first-order valence-electron chi connectivity index (χ1n) is 5.64. The summed E-state index contributed by atoms with van der Waals surface area (Å²) in [6.07, 6.45) is 0.983. The number of benzene rings is 1. The highest BCUT2D eigenvalue weighted by molar-refractivity contribution is 7.99. The number of nitrogens with one attached hydrogen (secondary N) is 1. The monoisotopic (exact) mass is 254 g/mol. The van der Waals surface area contributed by atoms with E-state index in [1.165, 1.54) is 17.8 Å². The van der Waals surface area contributed by atoms with Crippen molar-refractivity contribution in [2.24, 2.45) is 4.99 Å². The van der Waals surface area contributed by atoms with Crippen LogP contribution in [0.15, 0.2) is 28.1 Å². The van der Waals surface area contributed by atoms with Crippen LogP contribution < -0.4 is 5.32 Å². The minimum Gasteiger partial charge on any atom is -0.396 e. The van der Waals surface area contributed by atoms with Crippen LogP contribution in [-0.2, 0) is 0 Å². The zero-order valence-corrected chi connectivity index (χ0v) is 10.3. The lowest BCUT2D eigenvalue weighted by Crippen LogP contribution is -2.31. The Kier molecular flexibility index (Phi) is 4.39. The predicted molar refractivity (Wildman–Crippen MR) is 68.2 cm³/mol. The first-order chi connectivity index (χ1) is 8.33. The Hall–Kier alpha value is -1.07. The third-order valence-corrected chi connectivity index (χ3v) is 3.50. The number of aliphatic hydroxyl groups is 1. The normalized spacial score (nSPS) is 15.3. The van der Waals surface area contributed by atoms with Crippen LogP contribution in [0, 0.1) is 5.82 Å². The molecule has 0 radical (unpaired) electrons. The minimum absolute atomic E-state index is 0.0839. The SMILES string of the molecule is OCCSc1cccc(F)c1C1=NCCCN1. The van der Waals surface area contributed by atoms with Gasteiger partial charge in [-0.15, -0.1) is 11.8 Å². The first-order valence-corrected chi connectivity index (χ1v) is 6.62. The largest absolute Gasteiger partial charge is 0.396 e. The van der Waals surface area contributed by atoms with Gasteiger partial charge in [-0.1, -0.05) is 6.07 Å². The van der Waals surface area contributed by atoms with Crippen molar-refractivity contribution < 1.29 is 9.50 Å². The molecule has 92 valence electrons. The van der Waals surface area contributed by atoms with Crippen molar-refractivity contribution in [2.45, 2.75) is 11.3 Å². The Balaban J connectivity index is 2.32. The molecule has 0 saturated heterocycles. The molecule has 0 atom stereocenters. The summed E-state index contributed by atoms with van der Waals surface area (Å²) < 4.78 is 13.9. The molecule has 1 aliphatic heterocycles. The second-order valence-electron chi connectivity index (χ2n) is 3.70. The number of hydrogen-bond acceptors (Lipinski definition) is 4. The van der Waals surface area contributed by atoms with Crippen molar-refractivity contribution in [1.29, 1.82) is 0 Å². The number of hydrogen-bond donors (Lipinski definition) is 2. The number of halogens is 1. The molecular weight excluding hydrogens is 239 g/mol. The van der Waals surface area contributed by atoms with Gasteiger partial charge < -0.3 is 10.4 Å². The van der Waals surface area contributed by atoms with Crippen LogP contribution in [0.5, 0.6) is 0 Å². The van der Waals surface area contributed by atoms with Gasteiger partial charge in [-0.2, -0.15) is 0 Å². The smallest absolute Gasteiger partial charge is 0.135 e. The first kappa shape index (κ1) is 12.4. The maximum Gasteiger partial charge on any atom is 0.135 e. The fourth-order valence-corrected chi connectivity index (χ4v) is 2.53. The van der Waals surface area contributed by atoms with Crippen LogP contribution in [0.3, 0.4) is 0 Å². The molecule has 0 amide bonds. The number of nitrogens with zero attached hydrogens (tertiary/aromatic N) is 1. The number of aliphatic hydroxyl groups excluding tert-OH is 1. The second-order valence-corrected chi connectivity index (χ2v) is 4.83. The number of amidine groups is 1. The highest BCUT2D eigenvalue weighted by atomic mass is 32.2. The summed E-state index contributed by atoms with van der Waals surface area (Å²) >= 11 is 1.44. The lowest BCUT2D eigenvalue weighted by atomic mass is 10.1. The summed E-state index contributed by atoms with van der Waals surface area (Å²) in [6.45, 7) is 1.65. The average molecular weight is 254 g/mol. The van der Waals surface area contributed by atoms with Gasteiger partial charge in [0.1, 0.15) is 11.7 Å². The number of rotatable bonds is 4. The second kappa shape index (κ2) is 6.02. The highest BCUT2D eigenvalue weighted by Gasteiger charge is 2.16. The number of thioether (sulfide) groups is 1. The molecule has 17 heavy (non-hydrogen) atoms. The number of aliphatic imine (C=N–C) groups is 1. The van der Waals surface area contributed by atoms with E-state index in [4.69, 9.17) is 5.11 Å². The van der Waals surface area contributed by atoms with Crippen LogP contribution in [-0.4, -0.2) is 36.4 Å². The van der Waals surface area contributed by atoms with Gasteiger partial charge in [0, 0.05) is 23.7 Å². The molecule has 0 saturated carbocycles. The van der Waals surface area contributed by atoms with Gasteiger partial charge >= 0.3 is 0 Å². The zero-order valence-electron chi connectivity index (χ0n) is 9.45. The lowest BCUT2D eigenvalue weighted by molar-refractivity contribution is 0.322. The third kappa shape index (κ3) is 2.98. The molecule has 3 nitrogen and oxygen atoms in total. The van der Waals surface area contributed by atoms with Crippen LogP contribution in [0.1, 0.15) is 12.0 Å². The minimum atomic E-state index is -0.263. The lowest BCUT2D eigenvalue weighted by Gasteiger charge is -2.17. The Morgan fingerprint density at radius 2 is 2.35 bits per heavy atom. The molecule has 1 aromatic rings. The van der Waals surface area contributed by atoms with Gasteiger partial charge in [0.2, 0.25) is 0 Å². The molecule has 2 rings (SSSR count). The Bertz CT molecular complexity index is 423. The van der Waals surface area contributed by atoms with Crippen LogP contribution >= 0.6 is 11.8 Å². The average Bonchev–Trinajstić information content (AvgIpc) is 2.37. The molecule has 2 N–H and O–H groups in total. The molecule has 0 aromatic heterocycles. The summed E-state index contributed by atoms with van der Waals surface area (Å²) in [5, 5.41) is 12.0. The summed E-state index contributed by atoms with van der Waals surface area (Å²) in [5.41, 5.74) is 0.533. The Morgan fingerprint density at radius 3 is 3.06 bits per heavy atom. The summed E-state index contributed by atoms with van der Waals surface area (Å²) in [6, 6.07) is 4.98. The molecule has 1 heterocycles. The molecule has 1 aliphatic rings. The fourth-order valence-electron chi connectivity index (χ4n) is 1.71. The molecular formula is C12H15FN2OS. The van der Waals surface area contributed by atoms with Crippen LogP contribution in [0.2, 0.25) is 0 Å². The van der Waals surface area contributed by atoms with Gasteiger partial charge in [0.15, 0.2) is 0 Å². The van der Waals surface area contributed by atoms with Crippen LogP contribution in [0.25, 0.3) is 0 Å². The topological polar surface area (TPSA) is 44.6 Å². The summed E-state index contributed by atoms with van der Waals surface area (Å²) in [7, 11) is 0. The van der Waals surface area contributed by atoms with Gasteiger partial charge in [0.05, 0.1) is 12.2 Å². The van der Waals surface area contributed by atoms with Crippen molar-refractivity contribution in [3.8, 4) is 0 Å². The van der Waals surface area contributed by atoms with Crippen molar-refractivity contribution >= 4 is 17.6 Å². The van der Waals surface area contributed by atoms with Gasteiger partial charge in [-0.25, -0.2) is 4.39 Å². The van der Waals surface area contributed by atoms with E-state index >= 15 is 0 Å². The van der Waals surface area contributed by atoms with Crippen molar-refractivity contribution in [2.75, 3.05) is 25.4 Å². The fraction of sp³-hybridized carbons (Fsp3) is 0.417. The summed E-state index contributed by atoms with van der Waals surface area (Å²) in [5.74, 6) is 0.930. The summed E-state index contributed by atoms with van der Waals surface area (Å²) in [4.78, 5) is 5.15. The molecule has 0 unspecified atom stereocenters. The Morgan fingerprint density at radius 1 is 1.47 bits per heavy atom. The highest BCUT2D eigenvalue weighted by Crippen LogP contribution is 2.25. The van der Waals surface area contributed by atoms with Gasteiger partial charge in [0.25, 0.3) is 0 Å². The van der Waals surface area contributed by atoms with E-state index in [1.54, 1.807) is 6.07 Å². The Labute approximate surface area is 104 Å². The zero-order chi connectivity index (χ0) is 12.1. The molecule has 0 bridgehead atoms.